The minimum atomic E-state index is -1.21. The van der Waals surface area contributed by atoms with Crippen molar-refractivity contribution >= 4 is 0 Å². The average Bonchev–Trinajstić information content (AvgIpc) is 2.64. The number of hydrogen-bond acceptors (Lipinski definition) is 7. The van der Waals surface area contributed by atoms with Gasteiger partial charge in [-0.25, -0.2) is 0 Å². The van der Waals surface area contributed by atoms with Gasteiger partial charge in [0, 0.05) is 6.20 Å². The molecule has 0 amide bonds. The summed E-state index contributed by atoms with van der Waals surface area (Å²) in [6, 6.07) is -0.598. The minimum absolute atomic E-state index is 0.241. The van der Waals surface area contributed by atoms with Crippen LogP contribution >= 0.6 is 0 Å². The van der Waals surface area contributed by atoms with Gasteiger partial charge in [0.05, 0.1) is 12.6 Å². The molecule has 1 saturated heterocycles. The lowest BCUT2D eigenvalue weighted by Crippen LogP contribution is -2.47. The van der Waals surface area contributed by atoms with Gasteiger partial charge in [0.1, 0.15) is 18.3 Å². The Bertz CT molecular complexity index is 382. The van der Waals surface area contributed by atoms with Crippen LogP contribution in [0.5, 0.6) is 0 Å². The molecule has 0 spiro atoms. The zero-order valence-corrected chi connectivity index (χ0v) is 9.84. The van der Waals surface area contributed by atoms with Crippen molar-refractivity contribution in [3.63, 3.8) is 0 Å². The molecule has 2 heterocycles. The normalized spacial score (nSPS) is 40.7. The van der Waals surface area contributed by atoms with E-state index in [0.717, 1.165) is 0 Å². The quantitative estimate of drug-likeness (QED) is 0.431. The molecule has 102 valence electrons. The smallest absolute Gasteiger partial charge is 0.159 e. The van der Waals surface area contributed by atoms with E-state index >= 15 is 0 Å². The van der Waals surface area contributed by atoms with E-state index in [-0.39, 0.29) is 11.5 Å². The lowest BCUT2D eigenvalue weighted by Gasteiger charge is -2.35. The fourth-order valence-corrected chi connectivity index (χ4v) is 2.16. The van der Waals surface area contributed by atoms with Gasteiger partial charge in [0.2, 0.25) is 0 Å². The first-order valence-electron chi connectivity index (χ1n) is 5.67. The number of aliphatic hydroxyl groups is 5. The van der Waals surface area contributed by atoms with Crippen LogP contribution in [0.3, 0.4) is 0 Å². The fraction of sp³-hybridized carbons (Fsp3) is 0.636. The standard InChI is InChI=1S/C11H17NO6/c1-5-8(15)6(14)2-3-12(5)11-10(17)9(16)7(4-13)18-11/h2-3,5,7,9-11,13-17H,4H2,1H3. The highest BCUT2D eigenvalue weighted by molar-refractivity contribution is 5.23. The van der Waals surface area contributed by atoms with E-state index < -0.39 is 37.2 Å². The van der Waals surface area contributed by atoms with Crippen LogP contribution in [-0.4, -0.2) is 67.6 Å². The Morgan fingerprint density at radius 1 is 1.28 bits per heavy atom. The van der Waals surface area contributed by atoms with Crippen molar-refractivity contribution in [2.24, 2.45) is 0 Å². The van der Waals surface area contributed by atoms with Crippen molar-refractivity contribution in [1.82, 2.24) is 4.90 Å². The van der Waals surface area contributed by atoms with E-state index in [1.165, 1.54) is 17.2 Å². The Morgan fingerprint density at radius 2 is 1.94 bits per heavy atom. The van der Waals surface area contributed by atoms with Gasteiger partial charge in [-0.3, -0.25) is 0 Å². The summed E-state index contributed by atoms with van der Waals surface area (Å²) in [6.07, 6.45) is -1.43. The van der Waals surface area contributed by atoms with Crippen LogP contribution in [0.15, 0.2) is 23.8 Å². The lowest BCUT2D eigenvalue weighted by molar-refractivity contribution is -0.0916. The maximum absolute atomic E-state index is 9.86. The highest BCUT2D eigenvalue weighted by Crippen LogP contribution is 2.29. The molecule has 0 saturated carbocycles. The monoisotopic (exact) mass is 259 g/mol. The average molecular weight is 259 g/mol. The third kappa shape index (κ3) is 1.95. The van der Waals surface area contributed by atoms with Crippen molar-refractivity contribution in [3.8, 4) is 0 Å². The molecule has 2 aliphatic heterocycles. The molecule has 2 rings (SSSR count). The summed E-state index contributed by atoms with van der Waals surface area (Å²) < 4.78 is 5.34. The number of rotatable bonds is 2. The van der Waals surface area contributed by atoms with Gasteiger partial charge in [0.25, 0.3) is 0 Å². The van der Waals surface area contributed by atoms with E-state index in [2.05, 4.69) is 0 Å². The zero-order chi connectivity index (χ0) is 13.4. The summed E-state index contributed by atoms with van der Waals surface area (Å²) in [5, 5.41) is 47.5. The third-order valence-corrected chi connectivity index (χ3v) is 3.32. The molecule has 0 aromatic rings. The van der Waals surface area contributed by atoms with E-state index in [9.17, 15) is 20.4 Å². The topological polar surface area (TPSA) is 114 Å². The van der Waals surface area contributed by atoms with Crippen molar-refractivity contribution in [2.45, 2.75) is 37.5 Å². The summed E-state index contributed by atoms with van der Waals surface area (Å²) in [5.74, 6) is -0.485. The molecule has 2 aliphatic rings. The molecule has 0 radical (unpaired) electrons. The number of allylic oxidation sites excluding steroid dienone is 1. The van der Waals surface area contributed by atoms with Crippen LogP contribution < -0.4 is 0 Å². The third-order valence-electron chi connectivity index (χ3n) is 3.32. The van der Waals surface area contributed by atoms with Gasteiger partial charge >= 0.3 is 0 Å². The molecule has 5 N–H and O–H groups in total. The van der Waals surface area contributed by atoms with Crippen LogP contribution in [-0.2, 0) is 4.74 Å². The molecule has 5 atom stereocenters. The number of aliphatic hydroxyl groups excluding tert-OH is 5. The summed E-state index contributed by atoms with van der Waals surface area (Å²) >= 11 is 0. The summed E-state index contributed by atoms with van der Waals surface area (Å²) in [7, 11) is 0. The Kier molecular flexibility index (Phi) is 3.49. The molecule has 0 aliphatic carbocycles. The molecular weight excluding hydrogens is 242 g/mol. The van der Waals surface area contributed by atoms with Gasteiger partial charge < -0.3 is 35.2 Å². The summed E-state index contributed by atoms with van der Waals surface area (Å²) in [5.41, 5.74) is 0. The van der Waals surface area contributed by atoms with Crippen LogP contribution in [0, 0.1) is 0 Å². The first-order valence-corrected chi connectivity index (χ1v) is 5.67. The highest BCUT2D eigenvalue weighted by atomic mass is 16.6. The Labute approximate surface area is 104 Å². The molecule has 7 heteroatoms. The molecule has 0 aromatic carbocycles. The lowest BCUT2D eigenvalue weighted by atomic mass is 10.1. The molecule has 5 unspecified atom stereocenters. The van der Waals surface area contributed by atoms with Crippen molar-refractivity contribution in [2.75, 3.05) is 6.61 Å². The predicted octanol–water partition coefficient (Wildman–Crippen LogP) is -1.03. The van der Waals surface area contributed by atoms with E-state index in [1.54, 1.807) is 6.92 Å². The Hall–Kier alpha value is -1.28. The maximum atomic E-state index is 9.86. The summed E-state index contributed by atoms with van der Waals surface area (Å²) in [6.45, 7) is 1.21. The molecule has 7 nitrogen and oxygen atoms in total. The number of ether oxygens (including phenoxy) is 1. The number of nitrogens with zero attached hydrogens (tertiary/aromatic N) is 1. The molecule has 0 aromatic heterocycles. The van der Waals surface area contributed by atoms with Crippen LogP contribution in [0.1, 0.15) is 6.92 Å². The first-order chi connectivity index (χ1) is 8.47. The molecule has 1 fully saturated rings. The van der Waals surface area contributed by atoms with E-state index in [1.807, 2.05) is 0 Å². The molecule has 18 heavy (non-hydrogen) atoms. The molecule has 0 bridgehead atoms. The van der Waals surface area contributed by atoms with Gasteiger partial charge in [-0.1, -0.05) is 0 Å². The predicted molar refractivity (Wildman–Crippen MR) is 60.5 cm³/mol. The second kappa shape index (κ2) is 4.77. The SMILES string of the molecule is CC1C(O)=C(O)C=CN1C1OC(CO)C(O)C1O. The van der Waals surface area contributed by atoms with Gasteiger partial charge in [-0.2, -0.15) is 0 Å². The summed E-state index contributed by atoms with van der Waals surface area (Å²) in [4.78, 5) is 1.47. The van der Waals surface area contributed by atoms with Crippen LogP contribution in [0.2, 0.25) is 0 Å². The van der Waals surface area contributed by atoms with E-state index in [0.29, 0.717) is 0 Å². The first kappa shape index (κ1) is 13.2. The van der Waals surface area contributed by atoms with Gasteiger partial charge in [-0.15, -0.1) is 0 Å². The van der Waals surface area contributed by atoms with Crippen LogP contribution in [0.4, 0.5) is 0 Å². The van der Waals surface area contributed by atoms with Gasteiger partial charge in [-0.05, 0) is 13.0 Å². The Morgan fingerprint density at radius 3 is 2.50 bits per heavy atom. The maximum Gasteiger partial charge on any atom is 0.159 e. The Balaban J connectivity index is 2.17. The second-order valence-electron chi connectivity index (χ2n) is 4.44. The van der Waals surface area contributed by atoms with Crippen molar-refractivity contribution in [1.29, 1.82) is 0 Å². The van der Waals surface area contributed by atoms with Crippen molar-refractivity contribution < 1.29 is 30.3 Å². The van der Waals surface area contributed by atoms with Gasteiger partial charge in [0.15, 0.2) is 17.7 Å². The molecular formula is C11H17NO6. The second-order valence-corrected chi connectivity index (χ2v) is 4.44. The largest absolute Gasteiger partial charge is 0.506 e. The van der Waals surface area contributed by atoms with E-state index in [4.69, 9.17) is 9.84 Å². The zero-order valence-electron chi connectivity index (χ0n) is 9.84. The highest BCUT2D eigenvalue weighted by Gasteiger charge is 2.46. The number of hydrogen-bond donors (Lipinski definition) is 5. The van der Waals surface area contributed by atoms with Crippen molar-refractivity contribution in [3.05, 3.63) is 23.8 Å². The minimum Gasteiger partial charge on any atom is -0.506 e. The van der Waals surface area contributed by atoms with Crippen LogP contribution in [0.25, 0.3) is 0 Å². The fourth-order valence-electron chi connectivity index (χ4n) is 2.16.